The van der Waals surface area contributed by atoms with Crippen molar-refractivity contribution in [3.8, 4) is 5.75 Å². The summed E-state index contributed by atoms with van der Waals surface area (Å²) in [7, 11) is 0. The molecule has 0 N–H and O–H groups in total. The topological polar surface area (TPSA) is 39.4 Å². The molecule has 0 aliphatic carbocycles. The van der Waals surface area contributed by atoms with E-state index in [-0.39, 0.29) is 6.61 Å². The van der Waals surface area contributed by atoms with E-state index >= 15 is 0 Å². The van der Waals surface area contributed by atoms with Crippen molar-refractivity contribution in [1.29, 1.82) is 0 Å². The summed E-state index contributed by atoms with van der Waals surface area (Å²) in [6, 6.07) is 10.5. The van der Waals surface area contributed by atoms with Crippen molar-refractivity contribution < 1.29 is 9.15 Å². The first kappa shape index (κ1) is 16.6. The molecule has 0 spiro atoms. The number of aryl methyl sites for hydroxylation is 1. The highest BCUT2D eigenvalue weighted by Crippen LogP contribution is 2.35. The molecule has 0 bridgehead atoms. The average molecular weight is 459 g/mol. The minimum Gasteiger partial charge on any atom is -0.487 e. The smallest absolute Gasteiger partial charge is 0.336 e. The minimum absolute atomic E-state index is 0.225. The van der Waals surface area contributed by atoms with Gasteiger partial charge in [0.25, 0.3) is 0 Å². The second kappa shape index (κ2) is 6.67. The van der Waals surface area contributed by atoms with Gasteiger partial charge in [0, 0.05) is 22.0 Å². The van der Waals surface area contributed by atoms with Crippen LogP contribution in [0, 0.1) is 6.92 Å². The Bertz CT molecular complexity index is 927. The second-order valence-corrected chi connectivity index (χ2v) is 7.22. The van der Waals surface area contributed by atoms with E-state index in [1.165, 1.54) is 6.07 Å². The van der Waals surface area contributed by atoms with Crippen LogP contribution in [0.1, 0.15) is 11.1 Å². The Hall–Kier alpha value is -1.30. The van der Waals surface area contributed by atoms with Crippen LogP contribution in [0.3, 0.4) is 0 Å². The summed E-state index contributed by atoms with van der Waals surface area (Å²) in [5.74, 6) is 0.680. The van der Waals surface area contributed by atoms with Crippen LogP contribution in [0.25, 0.3) is 11.0 Å². The van der Waals surface area contributed by atoms with Crippen molar-refractivity contribution in [2.75, 3.05) is 0 Å². The molecule has 0 atom stereocenters. The number of halogens is 3. The Morgan fingerprint density at radius 1 is 1.13 bits per heavy atom. The Morgan fingerprint density at radius 2 is 1.83 bits per heavy atom. The Kier molecular flexibility index (Phi) is 4.80. The number of rotatable bonds is 3. The van der Waals surface area contributed by atoms with Crippen molar-refractivity contribution in [3.63, 3.8) is 0 Å². The summed E-state index contributed by atoms with van der Waals surface area (Å²) < 4.78 is 12.8. The first-order chi connectivity index (χ1) is 10.9. The van der Waals surface area contributed by atoms with Crippen molar-refractivity contribution in [2.45, 2.75) is 13.5 Å². The van der Waals surface area contributed by atoms with Crippen molar-refractivity contribution in [2.24, 2.45) is 0 Å². The SMILES string of the molecule is Cc1cc(Br)c(OCc2cc(=O)oc3ccc(Cl)cc23)c(Br)c1. The summed E-state index contributed by atoms with van der Waals surface area (Å²) in [5.41, 5.74) is 1.90. The molecular weight excluding hydrogens is 447 g/mol. The summed E-state index contributed by atoms with van der Waals surface area (Å²) in [6.07, 6.45) is 0. The summed E-state index contributed by atoms with van der Waals surface area (Å²) >= 11 is 13.0. The fraction of sp³-hybridized carbons (Fsp3) is 0.118. The van der Waals surface area contributed by atoms with E-state index < -0.39 is 5.63 Å². The third kappa shape index (κ3) is 3.62. The molecule has 0 aliphatic heterocycles. The van der Waals surface area contributed by atoms with Crippen molar-refractivity contribution >= 4 is 54.4 Å². The number of hydrogen-bond acceptors (Lipinski definition) is 3. The van der Waals surface area contributed by atoms with E-state index in [0.717, 1.165) is 25.5 Å². The monoisotopic (exact) mass is 456 g/mol. The molecule has 118 valence electrons. The van der Waals surface area contributed by atoms with Gasteiger partial charge in [0.2, 0.25) is 0 Å². The van der Waals surface area contributed by atoms with Gasteiger partial charge in [-0.15, -0.1) is 0 Å². The van der Waals surface area contributed by atoms with Gasteiger partial charge in [-0.2, -0.15) is 0 Å². The highest BCUT2D eigenvalue weighted by atomic mass is 79.9. The largest absolute Gasteiger partial charge is 0.487 e. The molecular formula is C17H11Br2ClO3. The molecule has 0 radical (unpaired) electrons. The molecule has 3 aromatic rings. The lowest BCUT2D eigenvalue weighted by Gasteiger charge is -2.12. The molecule has 0 unspecified atom stereocenters. The Labute approximate surface area is 154 Å². The second-order valence-electron chi connectivity index (χ2n) is 5.08. The maximum Gasteiger partial charge on any atom is 0.336 e. The van der Waals surface area contributed by atoms with Gasteiger partial charge in [-0.05, 0) is 74.7 Å². The highest BCUT2D eigenvalue weighted by Gasteiger charge is 2.11. The molecule has 2 aromatic carbocycles. The number of fused-ring (bicyclic) bond motifs is 1. The summed E-state index contributed by atoms with van der Waals surface area (Å²) in [4.78, 5) is 11.7. The predicted molar refractivity (Wildman–Crippen MR) is 98.4 cm³/mol. The molecule has 0 amide bonds. The molecule has 0 aliphatic rings. The molecule has 6 heteroatoms. The predicted octanol–water partition coefficient (Wildman–Crippen LogP) is 5.86. The van der Waals surface area contributed by atoms with Gasteiger partial charge in [-0.3, -0.25) is 0 Å². The van der Waals surface area contributed by atoms with Crippen LogP contribution < -0.4 is 10.4 Å². The van der Waals surface area contributed by atoms with Crippen LogP contribution in [0.4, 0.5) is 0 Å². The summed E-state index contributed by atoms with van der Waals surface area (Å²) in [5, 5.41) is 1.33. The molecule has 3 nitrogen and oxygen atoms in total. The van der Waals surface area contributed by atoms with Crippen LogP contribution in [0.5, 0.6) is 5.75 Å². The Morgan fingerprint density at radius 3 is 2.52 bits per heavy atom. The minimum atomic E-state index is -0.416. The van der Waals surface area contributed by atoms with E-state index in [0.29, 0.717) is 16.4 Å². The number of benzene rings is 2. The molecule has 1 aromatic heterocycles. The first-order valence-electron chi connectivity index (χ1n) is 6.75. The van der Waals surface area contributed by atoms with E-state index in [1.807, 2.05) is 19.1 Å². The van der Waals surface area contributed by atoms with Crippen LogP contribution in [0.15, 0.2) is 54.6 Å². The van der Waals surface area contributed by atoms with E-state index in [9.17, 15) is 4.79 Å². The van der Waals surface area contributed by atoms with Crippen LogP contribution >= 0.6 is 43.5 Å². The average Bonchev–Trinajstić information content (AvgIpc) is 2.46. The molecule has 3 rings (SSSR count). The molecule has 0 saturated heterocycles. The zero-order valence-corrected chi connectivity index (χ0v) is 16.0. The maximum absolute atomic E-state index is 11.7. The van der Waals surface area contributed by atoms with E-state index in [1.54, 1.807) is 18.2 Å². The molecule has 0 fully saturated rings. The fourth-order valence-corrected chi connectivity index (χ4v) is 4.11. The van der Waals surface area contributed by atoms with Crippen LogP contribution in [-0.4, -0.2) is 0 Å². The van der Waals surface area contributed by atoms with Gasteiger partial charge < -0.3 is 9.15 Å². The molecule has 23 heavy (non-hydrogen) atoms. The lowest BCUT2D eigenvalue weighted by molar-refractivity contribution is 0.302. The van der Waals surface area contributed by atoms with Gasteiger partial charge in [0.05, 0.1) is 8.95 Å². The normalized spacial score (nSPS) is 11.0. The van der Waals surface area contributed by atoms with Crippen molar-refractivity contribution in [1.82, 2.24) is 0 Å². The van der Waals surface area contributed by atoms with Gasteiger partial charge in [-0.25, -0.2) is 4.79 Å². The Balaban J connectivity index is 1.99. The van der Waals surface area contributed by atoms with Gasteiger partial charge in [0.1, 0.15) is 17.9 Å². The number of hydrogen-bond donors (Lipinski definition) is 0. The fourth-order valence-electron chi connectivity index (χ4n) is 2.29. The highest BCUT2D eigenvalue weighted by molar-refractivity contribution is 9.11. The summed E-state index contributed by atoms with van der Waals surface area (Å²) in [6.45, 7) is 2.22. The quantitative estimate of drug-likeness (QED) is 0.462. The van der Waals surface area contributed by atoms with Gasteiger partial charge in [0.15, 0.2) is 0 Å². The lowest BCUT2D eigenvalue weighted by atomic mass is 10.1. The third-order valence-electron chi connectivity index (χ3n) is 3.30. The standard InChI is InChI=1S/C17H11Br2ClO3/c1-9-4-13(18)17(14(19)5-9)22-8-10-6-16(21)23-15-3-2-11(20)7-12(10)15/h2-7H,8H2,1H3. The van der Waals surface area contributed by atoms with Crippen LogP contribution in [-0.2, 0) is 6.61 Å². The maximum atomic E-state index is 11.7. The zero-order valence-electron chi connectivity index (χ0n) is 12.0. The zero-order chi connectivity index (χ0) is 16.6. The van der Waals surface area contributed by atoms with E-state index in [2.05, 4.69) is 31.9 Å². The first-order valence-corrected chi connectivity index (χ1v) is 8.71. The number of ether oxygens (including phenoxy) is 1. The van der Waals surface area contributed by atoms with E-state index in [4.69, 9.17) is 20.8 Å². The van der Waals surface area contributed by atoms with Gasteiger partial charge in [-0.1, -0.05) is 11.6 Å². The van der Waals surface area contributed by atoms with Crippen LogP contribution in [0.2, 0.25) is 5.02 Å². The lowest BCUT2D eigenvalue weighted by Crippen LogP contribution is -2.04. The molecule has 1 heterocycles. The third-order valence-corrected chi connectivity index (χ3v) is 4.72. The van der Waals surface area contributed by atoms with Crippen molar-refractivity contribution in [3.05, 3.63) is 71.9 Å². The molecule has 0 saturated carbocycles. The van der Waals surface area contributed by atoms with Gasteiger partial charge >= 0.3 is 5.63 Å².